The van der Waals surface area contributed by atoms with Crippen molar-refractivity contribution in [1.29, 1.82) is 0 Å². The van der Waals surface area contributed by atoms with E-state index in [9.17, 15) is 14.7 Å². The molecule has 0 saturated heterocycles. The molecule has 2 aromatic rings. The number of carbonyl (C=O) groups excluding carboxylic acids is 1. The van der Waals surface area contributed by atoms with Gasteiger partial charge in [0, 0.05) is 5.69 Å². The summed E-state index contributed by atoms with van der Waals surface area (Å²) in [5.74, 6) is 0.752. The summed E-state index contributed by atoms with van der Waals surface area (Å²) in [6.07, 6.45) is 5.12. The molecule has 6 nitrogen and oxygen atoms in total. The van der Waals surface area contributed by atoms with Gasteiger partial charge in [0.15, 0.2) is 0 Å². The van der Waals surface area contributed by atoms with Crippen LogP contribution in [0.1, 0.15) is 6.42 Å². The van der Waals surface area contributed by atoms with Gasteiger partial charge in [-0.25, -0.2) is 0 Å². The second-order valence-electron chi connectivity index (χ2n) is 8.28. The summed E-state index contributed by atoms with van der Waals surface area (Å²) >= 11 is 0. The molecule has 2 aromatic carbocycles. The van der Waals surface area contributed by atoms with Gasteiger partial charge in [0.05, 0.1) is 18.9 Å². The Morgan fingerprint density at radius 3 is 1.97 bits per heavy atom. The molecule has 2 bridgehead atoms. The molecule has 2 fully saturated rings. The van der Waals surface area contributed by atoms with Crippen molar-refractivity contribution < 1.29 is 24.2 Å². The van der Waals surface area contributed by atoms with Crippen molar-refractivity contribution in [3.8, 4) is 17.2 Å². The first kappa shape index (κ1) is 18.7. The Bertz CT molecular complexity index is 997. The summed E-state index contributed by atoms with van der Waals surface area (Å²) in [6, 6.07) is 14.4. The molecule has 0 aromatic heterocycles. The van der Waals surface area contributed by atoms with Gasteiger partial charge in [-0.1, -0.05) is 12.2 Å². The largest absolute Gasteiger partial charge is 0.497 e. The second kappa shape index (κ2) is 7.20. The molecule has 0 aliphatic heterocycles. The predicted molar refractivity (Wildman–Crippen MR) is 110 cm³/mol. The van der Waals surface area contributed by atoms with Gasteiger partial charge in [0.2, 0.25) is 5.91 Å². The number of benzene rings is 2. The van der Waals surface area contributed by atoms with Crippen LogP contribution in [0.15, 0.2) is 60.7 Å². The van der Waals surface area contributed by atoms with Crippen LogP contribution in [0.4, 0.5) is 5.69 Å². The highest BCUT2D eigenvalue weighted by Crippen LogP contribution is 2.63. The fourth-order valence-electron chi connectivity index (χ4n) is 5.18. The standard InChI is InChI=1S/C24H23NO5/c1-29-14-6-8-16(9-7-14)30-15-4-2-13(3-5-15)25-23(26)21-17-10-11-18(20-12-19(17)20)22(21)24(27)28/h2-11,17-22H,12H2,1H3,(H,25,26)(H,27,28)/t17-,18-,19+,20-,21+,22+/m0/s1. The van der Waals surface area contributed by atoms with Gasteiger partial charge < -0.3 is 19.9 Å². The van der Waals surface area contributed by atoms with Gasteiger partial charge in [-0.05, 0) is 78.6 Å². The summed E-state index contributed by atoms with van der Waals surface area (Å²) in [5, 5.41) is 12.7. The van der Waals surface area contributed by atoms with Gasteiger partial charge in [-0.2, -0.15) is 0 Å². The lowest BCUT2D eigenvalue weighted by Crippen LogP contribution is -2.48. The summed E-state index contributed by atoms with van der Waals surface area (Å²) in [6.45, 7) is 0. The number of allylic oxidation sites excluding steroid dienone is 2. The summed E-state index contributed by atoms with van der Waals surface area (Å²) in [7, 11) is 1.61. The van der Waals surface area contributed by atoms with Gasteiger partial charge in [0.25, 0.3) is 0 Å². The fraction of sp³-hybridized carbons (Fsp3) is 0.333. The molecule has 0 spiro atoms. The summed E-state index contributed by atoms with van der Waals surface area (Å²) in [5.41, 5.74) is 0.629. The van der Waals surface area contributed by atoms with Crippen LogP contribution >= 0.6 is 0 Å². The van der Waals surface area contributed by atoms with Crippen LogP contribution in [0.25, 0.3) is 0 Å². The predicted octanol–water partition coefficient (Wildman–Crippen LogP) is 4.19. The molecule has 6 heteroatoms. The zero-order valence-corrected chi connectivity index (χ0v) is 16.5. The number of ether oxygens (including phenoxy) is 2. The zero-order valence-electron chi connectivity index (χ0n) is 16.5. The maximum atomic E-state index is 13.0. The quantitative estimate of drug-likeness (QED) is 0.704. The van der Waals surface area contributed by atoms with E-state index in [1.807, 2.05) is 30.3 Å². The second-order valence-corrected chi connectivity index (χ2v) is 8.28. The van der Waals surface area contributed by atoms with Crippen LogP contribution < -0.4 is 14.8 Å². The molecule has 0 heterocycles. The molecule has 154 valence electrons. The van der Waals surface area contributed by atoms with Gasteiger partial charge in [-0.15, -0.1) is 0 Å². The maximum Gasteiger partial charge on any atom is 0.307 e. The Balaban J connectivity index is 1.27. The third-order valence-corrected chi connectivity index (χ3v) is 6.66. The average Bonchev–Trinajstić information content (AvgIpc) is 3.58. The number of anilines is 1. The maximum absolute atomic E-state index is 13.0. The third kappa shape index (κ3) is 3.22. The lowest BCUT2D eigenvalue weighted by atomic mass is 9.62. The Kier molecular flexibility index (Phi) is 4.50. The van der Waals surface area contributed by atoms with E-state index in [4.69, 9.17) is 9.47 Å². The van der Waals surface area contributed by atoms with E-state index in [0.29, 0.717) is 29.0 Å². The van der Waals surface area contributed by atoms with Crippen LogP contribution in [0.3, 0.4) is 0 Å². The number of aliphatic carboxylic acids is 1. The van der Waals surface area contributed by atoms with Crippen LogP contribution in [-0.2, 0) is 9.59 Å². The summed E-state index contributed by atoms with van der Waals surface area (Å²) in [4.78, 5) is 24.9. The van der Waals surface area contributed by atoms with Gasteiger partial charge in [-0.3, -0.25) is 9.59 Å². The Morgan fingerprint density at radius 2 is 1.40 bits per heavy atom. The van der Waals surface area contributed by atoms with E-state index in [1.54, 1.807) is 31.4 Å². The van der Waals surface area contributed by atoms with E-state index in [-0.39, 0.29) is 17.7 Å². The van der Waals surface area contributed by atoms with Crippen LogP contribution in [0, 0.1) is 35.5 Å². The fourth-order valence-corrected chi connectivity index (χ4v) is 5.18. The monoisotopic (exact) mass is 405 g/mol. The molecule has 4 aliphatic rings. The lowest BCUT2D eigenvalue weighted by molar-refractivity contribution is -0.152. The number of hydrogen-bond acceptors (Lipinski definition) is 4. The molecule has 0 radical (unpaired) electrons. The molecule has 2 saturated carbocycles. The lowest BCUT2D eigenvalue weighted by Gasteiger charge is -2.41. The van der Waals surface area contributed by atoms with E-state index in [0.717, 1.165) is 12.2 Å². The van der Waals surface area contributed by atoms with Crippen molar-refractivity contribution >= 4 is 17.6 Å². The molecular weight excluding hydrogens is 382 g/mol. The molecule has 30 heavy (non-hydrogen) atoms. The minimum Gasteiger partial charge on any atom is -0.497 e. The van der Waals surface area contributed by atoms with Crippen LogP contribution in [-0.4, -0.2) is 24.1 Å². The molecule has 6 atom stereocenters. The topological polar surface area (TPSA) is 84.9 Å². The highest BCUT2D eigenvalue weighted by atomic mass is 16.5. The van der Waals surface area contributed by atoms with Crippen LogP contribution in [0.2, 0.25) is 0 Å². The molecule has 1 amide bonds. The average molecular weight is 405 g/mol. The van der Waals surface area contributed by atoms with E-state index >= 15 is 0 Å². The third-order valence-electron chi connectivity index (χ3n) is 6.66. The molecule has 0 unspecified atom stereocenters. The van der Waals surface area contributed by atoms with Crippen molar-refractivity contribution in [2.45, 2.75) is 6.42 Å². The zero-order chi connectivity index (χ0) is 20.8. The molecule has 6 rings (SSSR count). The van der Waals surface area contributed by atoms with Crippen molar-refractivity contribution in [2.75, 3.05) is 12.4 Å². The molecule has 2 N–H and O–H groups in total. The van der Waals surface area contributed by atoms with Crippen molar-refractivity contribution in [1.82, 2.24) is 0 Å². The van der Waals surface area contributed by atoms with E-state index in [1.165, 1.54) is 0 Å². The number of fused-ring (bicyclic) bond motifs is 1. The number of nitrogens with one attached hydrogen (secondary N) is 1. The highest BCUT2D eigenvalue weighted by Gasteiger charge is 2.62. The van der Waals surface area contributed by atoms with Crippen LogP contribution in [0.5, 0.6) is 17.2 Å². The summed E-state index contributed by atoms with van der Waals surface area (Å²) < 4.78 is 10.9. The first-order chi connectivity index (χ1) is 14.5. The number of hydrogen-bond donors (Lipinski definition) is 2. The van der Waals surface area contributed by atoms with Gasteiger partial charge in [0.1, 0.15) is 17.2 Å². The SMILES string of the molecule is COc1ccc(Oc2ccc(NC(=O)[C@@H]3[C@H]4C=C[C@@H]([C@@H]5C[C@H]45)[C@H]3C(=O)O)cc2)cc1. The van der Waals surface area contributed by atoms with E-state index in [2.05, 4.69) is 11.4 Å². The highest BCUT2D eigenvalue weighted by molar-refractivity contribution is 5.96. The minimum atomic E-state index is -0.872. The number of methoxy groups -OCH3 is 1. The van der Waals surface area contributed by atoms with Crippen molar-refractivity contribution in [3.63, 3.8) is 0 Å². The number of carbonyl (C=O) groups is 2. The van der Waals surface area contributed by atoms with Crippen molar-refractivity contribution in [3.05, 3.63) is 60.7 Å². The van der Waals surface area contributed by atoms with Crippen molar-refractivity contribution in [2.24, 2.45) is 35.5 Å². The Morgan fingerprint density at radius 1 is 0.867 bits per heavy atom. The Labute approximate surface area is 174 Å². The number of amides is 1. The minimum absolute atomic E-state index is 0.0199. The first-order valence-electron chi connectivity index (χ1n) is 10.2. The Hall–Kier alpha value is -3.28. The number of carboxylic acids is 1. The molecular formula is C24H23NO5. The first-order valence-corrected chi connectivity index (χ1v) is 10.2. The smallest absolute Gasteiger partial charge is 0.307 e. The number of rotatable bonds is 6. The molecule has 4 aliphatic carbocycles. The number of carboxylic acid groups (broad SMARTS) is 1. The van der Waals surface area contributed by atoms with Gasteiger partial charge >= 0.3 is 5.97 Å². The van der Waals surface area contributed by atoms with E-state index < -0.39 is 17.8 Å². The normalized spacial score (nSPS) is 30.3.